The molecule has 0 aliphatic carbocycles. The number of esters is 1. The Bertz CT molecular complexity index is 516. The van der Waals surface area contributed by atoms with E-state index < -0.39 is 28.8 Å². The van der Waals surface area contributed by atoms with Crippen molar-refractivity contribution in [3.8, 4) is 0 Å². The van der Waals surface area contributed by atoms with Gasteiger partial charge in [0.1, 0.15) is 6.04 Å². The van der Waals surface area contributed by atoms with Gasteiger partial charge in [0.05, 0.1) is 13.7 Å². The first kappa shape index (κ1) is 15.0. The van der Waals surface area contributed by atoms with E-state index in [-0.39, 0.29) is 11.3 Å². The average Bonchev–Trinajstić information content (AvgIpc) is 2.69. The first-order valence-corrected chi connectivity index (χ1v) is 5.74. The van der Waals surface area contributed by atoms with Crippen LogP contribution in [-0.2, 0) is 20.9 Å². The van der Waals surface area contributed by atoms with Crippen LogP contribution in [0.3, 0.4) is 0 Å². The van der Waals surface area contributed by atoms with E-state index in [1.54, 1.807) is 0 Å². The highest BCUT2D eigenvalue weighted by atomic mass is 79.9. The van der Waals surface area contributed by atoms with Crippen molar-refractivity contribution < 1.29 is 19.2 Å². The predicted molar refractivity (Wildman–Crippen MR) is 64.0 cm³/mol. The molecule has 0 fully saturated rings. The number of methoxy groups -OCH3 is 1. The fourth-order valence-electron chi connectivity index (χ4n) is 1.24. The summed E-state index contributed by atoms with van der Waals surface area (Å²) in [5, 5.41) is 16.4. The maximum absolute atomic E-state index is 11.5. The van der Waals surface area contributed by atoms with Gasteiger partial charge in [0, 0.05) is 28.0 Å². The molecule has 0 saturated carbocycles. The Morgan fingerprint density at radius 1 is 1.63 bits per heavy atom. The lowest BCUT2D eigenvalue weighted by Gasteiger charge is -2.13. The maximum atomic E-state index is 11.5. The van der Waals surface area contributed by atoms with Gasteiger partial charge in [-0.1, -0.05) is 0 Å². The molecule has 1 heterocycles. The quantitative estimate of drug-likeness (QED) is 0.441. The molecule has 1 rings (SSSR count). The second-order valence-electron chi connectivity index (χ2n) is 3.40. The van der Waals surface area contributed by atoms with Gasteiger partial charge in [-0.15, -0.1) is 0 Å². The van der Waals surface area contributed by atoms with Crippen molar-refractivity contribution in [3.05, 3.63) is 14.8 Å². The first-order chi connectivity index (χ1) is 8.85. The largest absolute Gasteiger partial charge is 0.492 e. The van der Waals surface area contributed by atoms with Crippen LogP contribution in [0.15, 0.2) is 4.73 Å². The van der Waals surface area contributed by atoms with Gasteiger partial charge in [-0.2, -0.15) is 4.68 Å². The second kappa shape index (κ2) is 6.22. The normalized spacial score (nSPS) is 11.7. The molecular formula is C8H10BrN5O5. The third-order valence-corrected chi connectivity index (χ3v) is 2.58. The van der Waals surface area contributed by atoms with Crippen LogP contribution in [0.2, 0.25) is 0 Å². The number of nitrogens with one attached hydrogen (secondary N) is 1. The molecule has 0 spiro atoms. The SMILES string of the molecule is COC(=O)C(Cn1nc([N+](=O)[O-])nc1Br)NC(C)=O. The number of nitro groups is 1. The van der Waals surface area contributed by atoms with Gasteiger partial charge >= 0.3 is 11.9 Å². The summed E-state index contributed by atoms with van der Waals surface area (Å²) in [6, 6.07) is -1.01. The van der Waals surface area contributed by atoms with Crippen LogP contribution in [0.25, 0.3) is 0 Å². The summed E-state index contributed by atoms with van der Waals surface area (Å²) in [5.41, 5.74) is 0. The number of hydrogen-bond donors (Lipinski definition) is 1. The molecule has 0 aliphatic rings. The number of ether oxygens (including phenoxy) is 1. The van der Waals surface area contributed by atoms with Gasteiger partial charge in [0.2, 0.25) is 5.91 Å². The molecule has 0 radical (unpaired) electrons. The predicted octanol–water partition coefficient (Wildman–Crippen LogP) is -0.374. The number of hydrogen-bond acceptors (Lipinski definition) is 7. The Morgan fingerprint density at radius 3 is 2.68 bits per heavy atom. The highest BCUT2D eigenvalue weighted by Crippen LogP contribution is 2.12. The summed E-state index contributed by atoms with van der Waals surface area (Å²) in [7, 11) is 1.16. The van der Waals surface area contributed by atoms with Crippen LogP contribution in [0, 0.1) is 10.1 Å². The number of halogens is 1. The number of carbonyl (C=O) groups is 2. The topological polar surface area (TPSA) is 129 Å². The zero-order chi connectivity index (χ0) is 14.6. The molecule has 0 bridgehead atoms. The summed E-state index contributed by atoms with van der Waals surface area (Å²) >= 11 is 2.97. The molecule has 1 N–H and O–H groups in total. The lowest BCUT2D eigenvalue weighted by Crippen LogP contribution is -2.43. The van der Waals surface area contributed by atoms with Crippen molar-refractivity contribution in [1.82, 2.24) is 20.1 Å². The Balaban J connectivity index is 2.92. The number of aromatic nitrogens is 3. The third kappa shape index (κ3) is 3.98. The molecular weight excluding hydrogens is 326 g/mol. The first-order valence-electron chi connectivity index (χ1n) is 4.94. The lowest BCUT2D eigenvalue weighted by molar-refractivity contribution is -0.394. The van der Waals surface area contributed by atoms with Crippen molar-refractivity contribution in [3.63, 3.8) is 0 Å². The van der Waals surface area contributed by atoms with E-state index >= 15 is 0 Å². The van der Waals surface area contributed by atoms with E-state index in [0.717, 1.165) is 11.8 Å². The monoisotopic (exact) mass is 335 g/mol. The maximum Gasteiger partial charge on any atom is 0.492 e. The number of amides is 1. The molecule has 104 valence electrons. The molecule has 11 heteroatoms. The molecule has 0 aliphatic heterocycles. The van der Waals surface area contributed by atoms with Crippen molar-refractivity contribution >= 4 is 33.8 Å². The molecule has 1 atom stereocenters. The summed E-state index contributed by atoms with van der Waals surface area (Å²) in [5.74, 6) is -1.75. The standard InChI is InChI=1S/C8H10BrN5O5/c1-4(15)10-5(6(16)19-2)3-13-7(9)11-8(12-13)14(17)18/h5H,3H2,1-2H3,(H,10,15). The molecule has 1 aromatic heterocycles. The lowest BCUT2D eigenvalue weighted by atomic mass is 10.3. The number of rotatable bonds is 5. The van der Waals surface area contributed by atoms with Gasteiger partial charge in [-0.05, 0) is 9.91 Å². The number of carbonyl (C=O) groups excluding carboxylic acids is 2. The summed E-state index contributed by atoms with van der Waals surface area (Å²) < 4.78 is 5.66. The van der Waals surface area contributed by atoms with Crippen LogP contribution in [-0.4, -0.2) is 44.7 Å². The molecule has 19 heavy (non-hydrogen) atoms. The van der Waals surface area contributed by atoms with Crippen molar-refractivity contribution in [1.29, 1.82) is 0 Å². The van der Waals surface area contributed by atoms with Gasteiger partial charge in [-0.25, -0.2) is 4.79 Å². The van der Waals surface area contributed by atoms with Crippen molar-refractivity contribution in [2.24, 2.45) is 0 Å². The van der Waals surface area contributed by atoms with Crippen LogP contribution >= 0.6 is 15.9 Å². The molecule has 10 nitrogen and oxygen atoms in total. The summed E-state index contributed by atoms with van der Waals surface area (Å²) in [4.78, 5) is 35.7. The summed E-state index contributed by atoms with van der Waals surface area (Å²) in [6.45, 7) is 1.09. The highest BCUT2D eigenvalue weighted by Gasteiger charge is 2.27. The molecule has 1 amide bonds. The zero-order valence-electron chi connectivity index (χ0n) is 9.99. The van der Waals surface area contributed by atoms with Gasteiger partial charge in [0.25, 0.3) is 4.73 Å². The summed E-state index contributed by atoms with van der Waals surface area (Å²) in [6.07, 6.45) is 0. The van der Waals surface area contributed by atoms with E-state index in [4.69, 9.17) is 0 Å². The minimum atomic E-state index is -1.01. The second-order valence-corrected chi connectivity index (χ2v) is 4.11. The van der Waals surface area contributed by atoms with Gasteiger partial charge < -0.3 is 20.2 Å². The third-order valence-electron chi connectivity index (χ3n) is 2.00. The minimum absolute atomic E-state index is 0.0680. The Kier molecular flexibility index (Phi) is 4.92. The van der Waals surface area contributed by atoms with E-state index in [0.29, 0.717) is 0 Å². The van der Waals surface area contributed by atoms with E-state index in [1.807, 2.05) is 0 Å². The van der Waals surface area contributed by atoms with Crippen LogP contribution in [0.1, 0.15) is 6.92 Å². The molecule has 0 saturated heterocycles. The van der Waals surface area contributed by atoms with Crippen LogP contribution in [0.5, 0.6) is 0 Å². The Morgan fingerprint density at radius 2 is 2.26 bits per heavy atom. The average molecular weight is 336 g/mol. The minimum Gasteiger partial charge on any atom is -0.467 e. The van der Waals surface area contributed by atoms with Crippen molar-refractivity contribution in [2.75, 3.05) is 7.11 Å². The smallest absolute Gasteiger partial charge is 0.467 e. The van der Waals surface area contributed by atoms with E-state index in [2.05, 4.69) is 36.1 Å². The zero-order valence-corrected chi connectivity index (χ0v) is 11.6. The van der Waals surface area contributed by atoms with Crippen LogP contribution in [0.4, 0.5) is 5.95 Å². The fourth-order valence-corrected chi connectivity index (χ4v) is 1.63. The van der Waals surface area contributed by atoms with Gasteiger partial charge in [-0.3, -0.25) is 4.79 Å². The van der Waals surface area contributed by atoms with Crippen LogP contribution < -0.4 is 5.32 Å². The molecule has 1 aromatic rings. The van der Waals surface area contributed by atoms with Gasteiger partial charge in [0.15, 0.2) is 0 Å². The van der Waals surface area contributed by atoms with E-state index in [9.17, 15) is 19.7 Å². The van der Waals surface area contributed by atoms with E-state index in [1.165, 1.54) is 6.92 Å². The Labute approximate surface area is 115 Å². The fraction of sp³-hybridized carbons (Fsp3) is 0.500. The molecule has 0 aromatic carbocycles. The molecule has 1 unspecified atom stereocenters. The van der Waals surface area contributed by atoms with Crippen molar-refractivity contribution in [2.45, 2.75) is 19.5 Å². The Hall–Kier alpha value is -2.04. The number of nitrogens with zero attached hydrogens (tertiary/aromatic N) is 4. The highest BCUT2D eigenvalue weighted by molar-refractivity contribution is 9.10.